The van der Waals surface area contributed by atoms with Crippen LogP contribution in [0.25, 0.3) is 121 Å². The Bertz CT molecular complexity index is 3460. The Kier molecular flexibility index (Phi) is 6.63. The van der Waals surface area contributed by atoms with Gasteiger partial charge in [0.2, 0.25) is 0 Å². The second kappa shape index (κ2) is 12.0. The van der Waals surface area contributed by atoms with Crippen molar-refractivity contribution in [1.29, 1.82) is 0 Å². The van der Waals surface area contributed by atoms with Crippen molar-refractivity contribution >= 4 is 75.4 Å². The Hall–Kier alpha value is -7.49. The number of benzene rings is 10. The van der Waals surface area contributed by atoms with Crippen molar-refractivity contribution in [3.05, 3.63) is 188 Å². The van der Waals surface area contributed by atoms with Gasteiger partial charge in [-0.3, -0.25) is 0 Å². The molecule has 258 valence electrons. The normalized spacial score (nSPS) is 11.9. The van der Waals surface area contributed by atoms with Gasteiger partial charge in [0.1, 0.15) is 0 Å². The summed E-state index contributed by atoms with van der Waals surface area (Å²) >= 11 is 0. The molecular formula is C53H31N3. The Morgan fingerprint density at radius 2 is 0.643 bits per heavy atom. The van der Waals surface area contributed by atoms with Crippen molar-refractivity contribution in [3.63, 3.8) is 0 Å². The van der Waals surface area contributed by atoms with Crippen LogP contribution in [0.15, 0.2) is 188 Å². The predicted octanol–water partition coefficient (Wildman–Crippen LogP) is 14.0. The summed E-state index contributed by atoms with van der Waals surface area (Å²) in [5.41, 5.74) is 5.23. The Labute approximate surface area is 322 Å². The molecule has 12 rings (SSSR count). The number of rotatable bonds is 4. The first-order valence-electron chi connectivity index (χ1n) is 19.1. The maximum atomic E-state index is 5.11. The third-order valence-electron chi connectivity index (χ3n) is 11.6. The van der Waals surface area contributed by atoms with Crippen LogP contribution < -0.4 is 0 Å². The Morgan fingerprint density at radius 1 is 0.232 bits per heavy atom. The molecule has 1 heterocycles. The molecule has 3 nitrogen and oxygen atoms in total. The van der Waals surface area contributed by atoms with E-state index in [2.05, 4.69) is 152 Å². The molecule has 0 spiro atoms. The van der Waals surface area contributed by atoms with Crippen LogP contribution in [0.2, 0.25) is 0 Å². The quantitative estimate of drug-likeness (QED) is 0.171. The summed E-state index contributed by atoms with van der Waals surface area (Å²) in [7, 11) is 0. The zero-order valence-electron chi connectivity index (χ0n) is 30.2. The third-order valence-corrected chi connectivity index (χ3v) is 11.6. The fourth-order valence-electron chi connectivity index (χ4n) is 9.11. The molecule has 0 saturated carbocycles. The van der Waals surface area contributed by atoms with E-state index in [4.69, 9.17) is 15.0 Å². The van der Waals surface area contributed by atoms with E-state index in [1.807, 2.05) is 36.4 Å². The summed E-state index contributed by atoms with van der Waals surface area (Å²) in [6, 6.07) is 67.7. The maximum absolute atomic E-state index is 5.11. The molecule has 0 unspecified atom stereocenters. The van der Waals surface area contributed by atoms with E-state index in [9.17, 15) is 0 Å². The van der Waals surface area contributed by atoms with Gasteiger partial charge < -0.3 is 0 Å². The van der Waals surface area contributed by atoms with Crippen molar-refractivity contribution in [2.45, 2.75) is 0 Å². The first kappa shape index (κ1) is 30.9. The summed E-state index contributed by atoms with van der Waals surface area (Å²) in [6.45, 7) is 0. The first-order valence-corrected chi connectivity index (χ1v) is 19.1. The van der Waals surface area contributed by atoms with Gasteiger partial charge in [0.05, 0.1) is 0 Å². The van der Waals surface area contributed by atoms with E-state index in [1.54, 1.807) is 0 Å². The number of fused-ring (bicyclic) bond motifs is 3. The minimum absolute atomic E-state index is 0.652. The lowest BCUT2D eigenvalue weighted by Crippen LogP contribution is -2.00. The summed E-state index contributed by atoms with van der Waals surface area (Å²) in [4.78, 5) is 15.2. The zero-order valence-corrected chi connectivity index (χ0v) is 30.2. The highest BCUT2D eigenvalue weighted by Crippen LogP contribution is 2.45. The molecular weight excluding hydrogens is 679 g/mol. The van der Waals surface area contributed by atoms with Crippen molar-refractivity contribution in [2.24, 2.45) is 0 Å². The lowest BCUT2D eigenvalue weighted by atomic mass is 9.86. The molecule has 12 aromatic rings. The SMILES string of the molecule is c1ccc(-c2nc(-c3ccccc3)nc(-c3ccc(-c4cc5ccc6cccc7c8cccc9ccc%10cccc(c(c4)c5c67)c%10c98)c4ccccc34)n2)cc1. The summed E-state index contributed by atoms with van der Waals surface area (Å²) in [5.74, 6) is 1.96. The molecule has 0 saturated heterocycles. The molecule has 0 radical (unpaired) electrons. The molecule has 0 aliphatic rings. The van der Waals surface area contributed by atoms with Gasteiger partial charge in [0.25, 0.3) is 0 Å². The van der Waals surface area contributed by atoms with E-state index >= 15 is 0 Å². The van der Waals surface area contributed by atoms with Gasteiger partial charge in [0, 0.05) is 16.7 Å². The average Bonchev–Trinajstić information content (AvgIpc) is 3.27. The van der Waals surface area contributed by atoms with Gasteiger partial charge in [-0.2, -0.15) is 0 Å². The summed E-state index contributed by atoms with van der Waals surface area (Å²) in [5, 5.41) is 17.6. The van der Waals surface area contributed by atoms with Gasteiger partial charge >= 0.3 is 0 Å². The molecule has 56 heavy (non-hydrogen) atoms. The Balaban J connectivity index is 1.16. The third kappa shape index (κ3) is 4.61. The maximum Gasteiger partial charge on any atom is 0.164 e. The van der Waals surface area contributed by atoms with Gasteiger partial charge in [-0.05, 0) is 105 Å². The van der Waals surface area contributed by atoms with Crippen molar-refractivity contribution < 1.29 is 0 Å². The van der Waals surface area contributed by atoms with Gasteiger partial charge in [-0.25, -0.2) is 15.0 Å². The van der Waals surface area contributed by atoms with Crippen LogP contribution in [0, 0.1) is 0 Å². The van der Waals surface area contributed by atoms with E-state index in [0.29, 0.717) is 17.5 Å². The van der Waals surface area contributed by atoms with Crippen LogP contribution in [0.4, 0.5) is 0 Å². The van der Waals surface area contributed by atoms with Crippen LogP contribution in [0.1, 0.15) is 0 Å². The fourth-order valence-corrected chi connectivity index (χ4v) is 9.11. The van der Waals surface area contributed by atoms with E-state index in [0.717, 1.165) is 27.5 Å². The highest BCUT2D eigenvalue weighted by molar-refractivity contribution is 6.37. The summed E-state index contributed by atoms with van der Waals surface area (Å²) < 4.78 is 0. The predicted molar refractivity (Wildman–Crippen MR) is 235 cm³/mol. The number of aromatic nitrogens is 3. The number of hydrogen-bond acceptors (Lipinski definition) is 3. The van der Waals surface area contributed by atoms with Crippen LogP contribution >= 0.6 is 0 Å². The molecule has 3 heteroatoms. The molecule has 0 fully saturated rings. The zero-order chi connectivity index (χ0) is 36.7. The average molecular weight is 710 g/mol. The Morgan fingerprint density at radius 3 is 1.20 bits per heavy atom. The molecule has 0 aliphatic heterocycles. The van der Waals surface area contributed by atoms with E-state index in [1.165, 1.54) is 75.8 Å². The minimum atomic E-state index is 0.652. The smallest absolute Gasteiger partial charge is 0.164 e. The molecule has 0 N–H and O–H groups in total. The van der Waals surface area contributed by atoms with Crippen molar-refractivity contribution in [2.75, 3.05) is 0 Å². The topological polar surface area (TPSA) is 38.7 Å². The lowest BCUT2D eigenvalue weighted by molar-refractivity contribution is 1.08. The van der Waals surface area contributed by atoms with Gasteiger partial charge in [-0.1, -0.05) is 170 Å². The molecule has 0 amide bonds. The van der Waals surface area contributed by atoms with Crippen LogP contribution in [-0.2, 0) is 0 Å². The number of nitrogens with zero attached hydrogens (tertiary/aromatic N) is 3. The standard InChI is InChI=1S/C53H31N3/c1-3-12-35(13-4-1)51-54-52(36-14-5-2-6-15-36)56-53(55-51)45-29-28-39(40-19-7-8-20-41(40)45)38-30-37-27-26-34-17-10-22-43-42-21-9-16-32-24-25-33-18-11-23-44(49(33)47(32)42)46(31-38)50(37)48(34)43/h1-31H. The van der Waals surface area contributed by atoms with E-state index < -0.39 is 0 Å². The number of hydrogen-bond donors (Lipinski definition) is 0. The highest BCUT2D eigenvalue weighted by atomic mass is 15.0. The minimum Gasteiger partial charge on any atom is -0.208 e. The highest BCUT2D eigenvalue weighted by Gasteiger charge is 2.19. The molecule has 0 aliphatic carbocycles. The van der Waals surface area contributed by atoms with Crippen LogP contribution in [0.5, 0.6) is 0 Å². The summed E-state index contributed by atoms with van der Waals surface area (Å²) in [6.07, 6.45) is 0. The van der Waals surface area contributed by atoms with Crippen molar-refractivity contribution in [1.82, 2.24) is 15.0 Å². The van der Waals surface area contributed by atoms with Gasteiger partial charge in [0.15, 0.2) is 17.5 Å². The van der Waals surface area contributed by atoms with Crippen LogP contribution in [0.3, 0.4) is 0 Å². The lowest BCUT2D eigenvalue weighted by Gasteiger charge is -2.18. The second-order valence-corrected chi connectivity index (χ2v) is 14.7. The molecule has 0 atom stereocenters. The second-order valence-electron chi connectivity index (χ2n) is 14.7. The van der Waals surface area contributed by atoms with Gasteiger partial charge in [-0.15, -0.1) is 0 Å². The van der Waals surface area contributed by atoms with Crippen molar-refractivity contribution in [3.8, 4) is 45.3 Å². The monoisotopic (exact) mass is 709 g/mol. The fraction of sp³-hybridized carbons (Fsp3) is 0. The molecule has 0 bridgehead atoms. The largest absolute Gasteiger partial charge is 0.208 e. The molecule has 11 aromatic carbocycles. The van der Waals surface area contributed by atoms with E-state index in [-0.39, 0.29) is 0 Å². The molecule has 1 aromatic heterocycles. The first-order chi connectivity index (χ1) is 27.8. The van der Waals surface area contributed by atoms with Crippen LogP contribution in [-0.4, -0.2) is 15.0 Å².